The summed E-state index contributed by atoms with van der Waals surface area (Å²) in [6.45, 7) is 0. The Balaban J connectivity index is 1.21. The van der Waals surface area contributed by atoms with E-state index in [1.165, 1.54) is 33.4 Å². The van der Waals surface area contributed by atoms with E-state index in [0.717, 1.165) is 51.2 Å². The van der Waals surface area contributed by atoms with E-state index in [4.69, 9.17) is 0 Å². The lowest BCUT2D eigenvalue weighted by molar-refractivity contribution is 0.752. The van der Waals surface area contributed by atoms with E-state index < -0.39 is 5.41 Å². The molecule has 0 saturated heterocycles. The Morgan fingerprint density at radius 2 is 0.800 bits per heavy atom. The van der Waals surface area contributed by atoms with Crippen LogP contribution in [0.15, 0.2) is 231 Å². The molecule has 1 aliphatic heterocycles. The quantitative estimate of drug-likeness (QED) is 0.162. The molecule has 0 fully saturated rings. The van der Waals surface area contributed by atoms with Gasteiger partial charge in [0.15, 0.2) is 0 Å². The van der Waals surface area contributed by atoms with Crippen molar-refractivity contribution in [1.82, 2.24) is 0 Å². The molecular formula is C56H38N4. The van der Waals surface area contributed by atoms with Crippen LogP contribution >= 0.6 is 0 Å². The summed E-state index contributed by atoms with van der Waals surface area (Å²) in [5.41, 5.74) is 17.0. The van der Waals surface area contributed by atoms with Crippen molar-refractivity contribution in [3.05, 3.63) is 258 Å². The zero-order valence-corrected chi connectivity index (χ0v) is 32.7. The fraction of sp³-hybridized carbons (Fsp3) is 0.0179. The summed E-state index contributed by atoms with van der Waals surface area (Å²) >= 11 is 0. The van der Waals surface area contributed by atoms with E-state index in [1.807, 2.05) is 30.3 Å². The molecule has 1 heterocycles. The van der Waals surface area contributed by atoms with Gasteiger partial charge in [0.1, 0.15) is 0 Å². The van der Waals surface area contributed by atoms with Gasteiger partial charge in [0.25, 0.3) is 0 Å². The molecule has 0 saturated carbocycles. The van der Waals surface area contributed by atoms with Crippen molar-refractivity contribution in [2.75, 3.05) is 14.7 Å². The first-order valence-electron chi connectivity index (χ1n) is 20.3. The van der Waals surface area contributed by atoms with Crippen LogP contribution in [0.4, 0.5) is 51.2 Å². The van der Waals surface area contributed by atoms with Crippen molar-refractivity contribution >= 4 is 51.2 Å². The molecule has 0 radical (unpaired) electrons. The Morgan fingerprint density at radius 1 is 0.350 bits per heavy atom. The molecule has 0 amide bonds. The maximum absolute atomic E-state index is 9.68. The molecule has 0 bridgehead atoms. The number of hydrogen-bond acceptors (Lipinski definition) is 4. The Morgan fingerprint density at radius 3 is 1.42 bits per heavy atom. The van der Waals surface area contributed by atoms with Gasteiger partial charge in [-0.15, -0.1) is 0 Å². The van der Waals surface area contributed by atoms with Gasteiger partial charge >= 0.3 is 0 Å². The molecule has 9 aromatic rings. The maximum atomic E-state index is 9.68. The summed E-state index contributed by atoms with van der Waals surface area (Å²) in [6, 6.07) is 84.6. The van der Waals surface area contributed by atoms with Gasteiger partial charge in [-0.05, 0) is 137 Å². The van der Waals surface area contributed by atoms with Crippen molar-refractivity contribution in [3.63, 3.8) is 0 Å². The lowest BCUT2D eigenvalue weighted by atomic mass is 9.64. The summed E-state index contributed by atoms with van der Waals surface area (Å²) < 4.78 is 0. The number of para-hydroxylation sites is 5. The number of nitriles is 1. The van der Waals surface area contributed by atoms with E-state index in [1.54, 1.807) is 0 Å². The average Bonchev–Trinajstić information content (AvgIpc) is 3.61. The zero-order valence-electron chi connectivity index (χ0n) is 32.7. The molecule has 0 N–H and O–H groups in total. The van der Waals surface area contributed by atoms with Gasteiger partial charge in [0.2, 0.25) is 0 Å². The molecule has 4 heteroatoms. The Labute approximate surface area is 350 Å². The third-order valence-corrected chi connectivity index (χ3v) is 12.0. The molecule has 11 rings (SSSR count). The van der Waals surface area contributed by atoms with Crippen LogP contribution in [-0.4, -0.2) is 0 Å². The van der Waals surface area contributed by atoms with Gasteiger partial charge in [0.05, 0.1) is 28.4 Å². The normalized spacial score (nSPS) is 14.3. The fourth-order valence-electron chi connectivity index (χ4n) is 9.57. The minimum absolute atomic E-state index is 0.627. The van der Waals surface area contributed by atoms with Crippen LogP contribution in [0.2, 0.25) is 0 Å². The standard InChI is InChI=1S/C56H38N4/c57-39-40-29-31-45(32-30-40)59(43-21-9-3-10-22-43)47-34-36-52-55(38-47)60(44-23-11-4-12-24-44)54-28-16-15-27-51(54)56(52)50-26-14-13-25-48(50)49-35-33-46(37-53(49)56)58(41-17-5-1-6-18-41)42-19-7-2-8-20-42/h1-38H. The Bertz CT molecular complexity index is 3010. The summed E-state index contributed by atoms with van der Waals surface area (Å²) in [5.74, 6) is 0. The summed E-state index contributed by atoms with van der Waals surface area (Å²) in [6.07, 6.45) is 0. The van der Waals surface area contributed by atoms with E-state index in [2.05, 4.69) is 221 Å². The van der Waals surface area contributed by atoms with Gasteiger partial charge in [-0.25, -0.2) is 0 Å². The van der Waals surface area contributed by atoms with Crippen molar-refractivity contribution in [3.8, 4) is 17.2 Å². The molecular weight excluding hydrogens is 729 g/mol. The Kier molecular flexibility index (Phi) is 8.39. The lowest BCUT2D eigenvalue weighted by Gasteiger charge is -2.45. The van der Waals surface area contributed by atoms with Gasteiger partial charge in [0, 0.05) is 39.8 Å². The summed E-state index contributed by atoms with van der Waals surface area (Å²) in [5, 5.41) is 9.68. The van der Waals surface area contributed by atoms with Crippen LogP contribution in [0.5, 0.6) is 0 Å². The van der Waals surface area contributed by atoms with Crippen LogP contribution < -0.4 is 14.7 Å². The van der Waals surface area contributed by atoms with E-state index in [-0.39, 0.29) is 0 Å². The van der Waals surface area contributed by atoms with Gasteiger partial charge in [-0.1, -0.05) is 127 Å². The highest BCUT2D eigenvalue weighted by atomic mass is 15.2. The second-order valence-corrected chi connectivity index (χ2v) is 15.3. The molecule has 1 spiro atoms. The smallest absolute Gasteiger partial charge is 0.0991 e. The highest BCUT2D eigenvalue weighted by Crippen LogP contribution is 2.64. The molecule has 1 atom stereocenters. The molecule has 4 nitrogen and oxygen atoms in total. The lowest BCUT2D eigenvalue weighted by Crippen LogP contribution is -2.36. The van der Waals surface area contributed by atoms with Crippen LogP contribution in [0, 0.1) is 11.3 Å². The number of rotatable bonds is 7. The number of hydrogen-bond donors (Lipinski definition) is 0. The monoisotopic (exact) mass is 766 g/mol. The molecule has 0 aromatic heterocycles. The van der Waals surface area contributed by atoms with Crippen LogP contribution in [0.3, 0.4) is 0 Å². The first kappa shape index (κ1) is 35.1. The van der Waals surface area contributed by atoms with Crippen molar-refractivity contribution in [2.24, 2.45) is 0 Å². The SMILES string of the molecule is N#Cc1ccc(N(c2ccccc2)c2ccc3c(c2)N(c2ccccc2)c2ccccc2C32c3ccccc3-c3ccc(N(c4ccccc4)c4ccccc4)cc32)cc1. The summed E-state index contributed by atoms with van der Waals surface area (Å²) in [4.78, 5) is 7.08. The molecule has 9 aromatic carbocycles. The van der Waals surface area contributed by atoms with E-state index >= 15 is 0 Å². The second kappa shape index (κ2) is 14.4. The van der Waals surface area contributed by atoms with Crippen molar-refractivity contribution < 1.29 is 0 Å². The third-order valence-electron chi connectivity index (χ3n) is 12.0. The van der Waals surface area contributed by atoms with Crippen LogP contribution in [-0.2, 0) is 5.41 Å². The minimum atomic E-state index is -0.650. The largest absolute Gasteiger partial charge is 0.310 e. The van der Waals surface area contributed by atoms with Crippen LogP contribution in [0.25, 0.3) is 11.1 Å². The third kappa shape index (κ3) is 5.45. The minimum Gasteiger partial charge on any atom is -0.310 e. The number of anilines is 9. The predicted octanol–water partition coefficient (Wildman–Crippen LogP) is 14.6. The van der Waals surface area contributed by atoms with E-state index in [0.29, 0.717) is 5.56 Å². The second-order valence-electron chi connectivity index (χ2n) is 15.3. The van der Waals surface area contributed by atoms with E-state index in [9.17, 15) is 5.26 Å². The van der Waals surface area contributed by atoms with Gasteiger partial charge < -0.3 is 14.7 Å². The first-order chi connectivity index (χ1) is 29.7. The van der Waals surface area contributed by atoms with Gasteiger partial charge in [-0.3, -0.25) is 0 Å². The highest BCUT2D eigenvalue weighted by molar-refractivity contribution is 5.98. The molecule has 1 unspecified atom stereocenters. The average molecular weight is 767 g/mol. The number of benzene rings is 9. The Hall–Kier alpha value is -8.13. The number of nitrogens with zero attached hydrogens (tertiary/aromatic N) is 4. The maximum Gasteiger partial charge on any atom is 0.0991 e. The topological polar surface area (TPSA) is 33.5 Å². The predicted molar refractivity (Wildman–Crippen MR) is 246 cm³/mol. The molecule has 60 heavy (non-hydrogen) atoms. The first-order valence-corrected chi connectivity index (χ1v) is 20.3. The molecule has 2 aliphatic rings. The van der Waals surface area contributed by atoms with Gasteiger partial charge in [-0.2, -0.15) is 5.26 Å². The zero-order chi connectivity index (χ0) is 40.0. The fourth-order valence-corrected chi connectivity index (χ4v) is 9.57. The summed E-state index contributed by atoms with van der Waals surface area (Å²) in [7, 11) is 0. The molecule has 1 aliphatic carbocycles. The van der Waals surface area contributed by atoms with Crippen molar-refractivity contribution in [2.45, 2.75) is 5.41 Å². The highest BCUT2D eigenvalue weighted by Gasteiger charge is 2.52. The number of fused-ring (bicyclic) bond motifs is 9. The van der Waals surface area contributed by atoms with Crippen molar-refractivity contribution in [1.29, 1.82) is 5.26 Å². The van der Waals surface area contributed by atoms with Crippen LogP contribution in [0.1, 0.15) is 27.8 Å². The molecule has 282 valence electrons.